The van der Waals surface area contributed by atoms with Gasteiger partial charge in [0.2, 0.25) is 10.0 Å². The topological polar surface area (TPSA) is 100 Å². The maximum atomic E-state index is 12.4. The van der Waals surface area contributed by atoms with Gasteiger partial charge in [0.25, 0.3) is 0 Å². The van der Waals surface area contributed by atoms with Gasteiger partial charge in [0.05, 0.1) is 22.4 Å². The highest BCUT2D eigenvalue weighted by atomic mass is 32.2. The fraction of sp³-hybridized carbons (Fsp3) is 0.769. The third kappa shape index (κ3) is 3.69. The Balaban J connectivity index is 1.93. The van der Waals surface area contributed by atoms with Crippen LogP contribution in [-0.4, -0.2) is 61.7 Å². The first-order chi connectivity index (χ1) is 10.1. The zero-order valence-electron chi connectivity index (χ0n) is 13.2. The summed E-state index contributed by atoms with van der Waals surface area (Å²) >= 11 is 0. The van der Waals surface area contributed by atoms with Gasteiger partial charge in [-0.05, 0) is 38.7 Å². The number of hydrogen-bond donors (Lipinski definition) is 1. The second kappa shape index (κ2) is 6.29. The molecule has 0 aromatic carbocycles. The summed E-state index contributed by atoms with van der Waals surface area (Å²) in [6.07, 6.45) is 1.63. The quantitative estimate of drug-likeness (QED) is 0.801. The number of aromatic amines is 1. The fourth-order valence-electron chi connectivity index (χ4n) is 2.80. The molecule has 1 aliphatic rings. The predicted molar refractivity (Wildman–Crippen MR) is 85.0 cm³/mol. The van der Waals surface area contributed by atoms with Gasteiger partial charge < -0.3 is 0 Å². The van der Waals surface area contributed by atoms with Crippen LogP contribution in [0.25, 0.3) is 0 Å². The highest BCUT2D eigenvalue weighted by Crippen LogP contribution is 2.22. The van der Waals surface area contributed by atoms with Crippen molar-refractivity contribution in [3.05, 3.63) is 17.0 Å². The molecule has 0 amide bonds. The van der Waals surface area contributed by atoms with E-state index in [1.807, 2.05) is 13.8 Å². The van der Waals surface area contributed by atoms with E-state index in [4.69, 9.17) is 0 Å². The van der Waals surface area contributed by atoms with Gasteiger partial charge in [-0.2, -0.15) is 5.10 Å². The average molecular weight is 349 g/mol. The van der Waals surface area contributed by atoms with Crippen molar-refractivity contribution in [2.24, 2.45) is 0 Å². The van der Waals surface area contributed by atoms with Crippen LogP contribution in [0.5, 0.6) is 0 Å². The molecule has 0 aliphatic carbocycles. The summed E-state index contributed by atoms with van der Waals surface area (Å²) in [7, 11) is -5.21. The number of nitrogens with one attached hydrogen (secondary N) is 1. The van der Waals surface area contributed by atoms with Crippen molar-refractivity contribution in [2.75, 3.05) is 25.1 Å². The third-order valence-electron chi connectivity index (χ3n) is 4.23. The van der Waals surface area contributed by atoms with Crippen LogP contribution in [0.15, 0.2) is 0 Å². The lowest BCUT2D eigenvalue weighted by atomic mass is 10.1. The SMILES string of the molecule is Cc1n[nH]c(C)c1CCCN(C)S(=O)(=O)C1CCS(=O)(=O)C1. The minimum atomic E-state index is -3.54. The van der Waals surface area contributed by atoms with Crippen molar-refractivity contribution in [1.82, 2.24) is 14.5 Å². The van der Waals surface area contributed by atoms with E-state index in [-0.39, 0.29) is 17.9 Å². The lowest BCUT2D eigenvalue weighted by molar-refractivity contribution is 0.453. The number of sulfone groups is 1. The van der Waals surface area contributed by atoms with Gasteiger partial charge in [0.1, 0.15) is 0 Å². The number of rotatable bonds is 6. The number of sulfonamides is 1. The zero-order valence-corrected chi connectivity index (χ0v) is 14.8. The molecule has 1 unspecified atom stereocenters. The summed E-state index contributed by atoms with van der Waals surface area (Å²) in [6.45, 7) is 4.24. The van der Waals surface area contributed by atoms with Crippen LogP contribution < -0.4 is 0 Å². The maximum Gasteiger partial charge on any atom is 0.217 e. The summed E-state index contributed by atoms with van der Waals surface area (Å²) in [5.41, 5.74) is 3.06. The largest absolute Gasteiger partial charge is 0.282 e. The van der Waals surface area contributed by atoms with Gasteiger partial charge in [-0.3, -0.25) is 5.10 Å². The number of H-pyrrole nitrogens is 1. The molecule has 2 rings (SSSR count). The van der Waals surface area contributed by atoms with E-state index in [1.54, 1.807) is 0 Å². The summed E-state index contributed by atoms with van der Waals surface area (Å²) in [4.78, 5) is 0. The van der Waals surface area contributed by atoms with Crippen molar-refractivity contribution in [3.63, 3.8) is 0 Å². The molecular formula is C13H23N3O4S2. The second-order valence-electron chi connectivity index (χ2n) is 5.91. The Morgan fingerprint density at radius 1 is 1.36 bits per heavy atom. The lowest BCUT2D eigenvalue weighted by Gasteiger charge is -2.20. The molecule has 2 heterocycles. The monoisotopic (exact) mass is 349 g/mol. The van der Waals surface area contributed by atoms with E-state index < -0.39 is 25.1 Å². The number of hydrogen-bond acceptors (Lipinski definition) is 5. The van der Waals surface area contributed by atoms with Crippen LogP contribution in [0.2, 0.25) is 0 Å². The van der Waals surface area contributed by atoms with Crippen LogP contribution in [0.4, 0.5) is 0 Å². The standard InChI is InChI=1S/C13H23N3O4S2/c1-10-13(11(2)15-14-10)5-4-7-16(3)22(19,20)12-6-8-21(17,18)9-12/h12H,4-9H2,1-3H3,(H,14,15). The van der Waals surface area contributed by atoms with Gasteiger partial charge >= 0.3 is 0 Å². The first-order valence-electron chi connectivity index (χ1n) is 7.29. The van der Waals surface area contributed by atoms with E-state index in [1.165, 1.54) is 11.4 Å². The van der Waals surface area contributed by atoms with Crippen LogP contribution in [-0.2, 0) is 26.3 Å². The molecule has 1 N–H and O–H groups in total. The highest BCUT2D eigenvalue weighted by molar-refractivity contribution is 7.95. The van der Waals surface area contributed by atoms with E-state index in [0.29, 0.717) is 13.0 Å². The zero-order chi connectivity index (χ0) is 16.5. The van der Waals surface area contributed by atoms with Crippen LogP contribution in [0, 0.1) is 13.8 Å². The van der Waals surface area contributed by atoms with Crippen LogP contribution in [0.3, 0.4) is 0 Å². The Bertz CT molecular complexity index is 718. The van der Waals surface area contributed by atoms with E-state index in [9.17, 15) is 16.8 Å². The van der Waals surface area contributed by atoms with Crippen molar-refractivity contribution >= 4 is 19.9 Å². The molecule has 1 aromatic rings. The lowest BCUT2D eigenvalue weighted by Crippen LogP contribution is -2.37. The van der Waals surface area contributed by atoms with Crippen LogP contribution in [0.1, 0.15) is 29.8 Å². The Morgan fingerprint density at radius 3 is 2.55 bits per heavy atom. The molecule has 1 aromatic heterocycles. The Hall–Kier alpha value is -0.930. The molecule has 9 heteroatoms. The van der Waals surface area contributed by atoms with Gasteiger partial charge in [-0.25, -0.2) is 21.1 Å². The first kappa shape index (κ1) is 17.4. The Kier molecular flexibility index (Phi) is 4.98. The molecule has 1 fully saturated rings. The third-order valence-corrected chi connectivity index (χ3v) is 8.50. The molecule has 126 valence electrons. The smallest absolute Gasteiger partial charge is 0.217 e. The van der Waals surface area contributed by atoms with E-state index in [2.05, 4.69) is 10.2 Å². The van der Waals surface area contributed by atoms with E-state index >= 15 is 0 Å². The minimum absolute atomic E-state index is 0.0296. The number of nitrogens with zero attached hydrogens (tertiary/aromatic N) is 2. The number of aromatic nitrogens is 2. The van der Waals surface area contributed by atoms with E-state index in [0.717, 1.165) is 23.4 Å². The highest BCUT2D eigenvalue weighted by Gasteiger charge is 2.39. The average Bonchev–Trinajstić information content (AvgIpc) is 2.94. The second-order valence-corrected chi connectivity index (χ2v) is 10.5. The fourth-order valence-corrected chi connectivity index (χ4v) is 7.11. The summed E-state index contributed by atoms with van der Waals surface area (Å²) in [6, 6.07) is 0. The van der Waals surface area contributed by atoms with Crippen molar-refractivity contribution in [1.29, 1.82) is 0 Å². The molecule has 0 saturated carbocycles. The molecule has 0 spiro atoms. The summed E-state index contributed by atoms with van der Waals surface area (Å²) in [5, 5.41) is 6.24. The first-order valence-corrected chi connectivity index (χ1v) is 10.6. The normalized spacial score (nSPS) is 21.5. The van der Waals surface area contributed by atoms with Crippen molar-refractivity contribution in [3.8, 4) is 0 Å². The van der Waals surface area contributed by atoms with Crippen molar-refractivity contribution in [2.45, 2.75) is 38.4 Å². The van der Waals surface area contributed by atoms with Gasteiger partial charge in [-0.15, -0.1) is 0 Å². The van der Waals surface area contributed by atoms with Gasteiger partial charge in [0, 0.05) is 19.3 Å². The molecule has 0 radical (unpaired) electrons. The van der Waals surface area contributed by atoms with Crippen LogP contribution >= 0.6 is 0 Å². The summed E-state index contributed by atoms with van der Waals surface area (Å²) < 4.78 is 49.0. The molecule has 1 aliphatic heterocycles. The molecule has 7 nitrogen and oxygen atoms in total. The molecule has 1 atom stereocenters. The predicted octanol–water partition coefficient (Wildman–Crippen LogP) is 0.408. The minimum Gasteiger partial charge on any atom is -0.282 e. The number of aryl methyl sites for hydroxylation is 2. The maximum absolute atomic E-state index is 12.4. The Morgan fingerprint density at radius 2 is 2.05 bits per heavy atom. The summed E-state index contributed by atoms with van der Waals surface area (Å²) in [5.74, 6) is -0.280. The molecule has 1 saturated heterocycles. The molecular weight excluding hydrogens is 326 g/mol. The van der Waals surface area contributed by atoms with Gasteiger partial charge in [0.15, 0.2) is 9.84 Å². The Labute approximate surface area is 132 Å². The molecule has 22 heavy (non-hydrogen) atoms. The molecule has 0 bridgehead atoms. The van der Waals surface area contributed by atoms with Crippen molar-refractivity contribution < 1.29 is 16.8 Å². The van der Waals surface area contributed by atoms with Gasteiger partial charge in [-0.1, -0.05) is 0 Å².